The van der Waals surface area contributed by atoms with Crippen LogP contribution in [0.3, 0.4) is 0 Å². The van der Waals surface area contributed by atoms with E-state index in [0.717, 1.165) is 12.3 Å². The fourth-order valence-corrected chi connectivity index (χ4v) is 7.37. The number of fused-ring (bicyclic) bond motifs is 13. The Morgan fingerprint density at radius 2 is 1.65 bits per heavy atom. The number of ketones is 2. The molecule has 1 saturated heterocycles. The summed E-state index contributed by atoms with van der Waals surface area (Å²) in [5.74, 6) is -11.4. The van der Waals surface area contributed by atoms with Crippen molar-refractivity contribution in [3.05, 3.63) is 70.2 Å². The fraction of sp³-hybridized carbons (Fsp3) is 0.513. The van der Waals surface area contributed by atoms with Gasteiger partial charge >= 0.3 is 17.7 Å². The van der Waals surface area contributed by atoms with E-state index in [1.807, 2.05) is 0 Å². The van der Waals surface area contributed by atoms with Crippen molar-refractivity contribution in [3.63, 3.8) is 0 Å². The minimum Gasteiger partial charge on any atom is -0.507 e. The predicted molar refractivity (Wildman–Crippen MR) is 189 cm³/mol. The maximum Gasteiger partial charge on any atom is 0.335 e. The van der Waals surface area contributed by atoms with Gasteiger partial charge in [-0.15, -0.1) is 0 Å². The number of amides is 1. The quantitative estimate of drug-likeness (QED) is 0.320. The third kappa shape index (κ3) is 7.08. The first-order valence-electron chi connectivity index (χ1n) is 17.6. The topological polar surface area (TPSA) is 213 Å². The van der Waals surface area contributed by atoms with Crippen LogP contribution in [0.4, 0.5) is 0 Å². The van der Waals surface area contributed by atoms with Gasteiger partial charge in [-0.2, -0.15) is 0 Å². The monoisotopic (exact) mass is 753 g/mol. The Morgan fingerprint density at radius 1 is 0.963 bits per heavy atom. The second-order valence-electron chi connectivity index (χ2n) is 14.4. The van der Waals surface area contributed by atoms with Crippen molar-refractivity contribution in [2.75, 3.05) is 13.7 Å². The molecule has 0 saturated carbocycles. The molecule has 1 fully saturated rings. The number of hydrogen-bond donors (Lipinski definition) is 4. The normalized spacial score (nSPS) is 36.1. The largest absolute Gasteiger partial charge is 0.507 e. The van der Waals surface area contributed by atoms with Gasteiger partial charge in [-0.1, -0.05) is 45.9 Å². The zero-order valence-corrected chi connectivity index (χ0v) is 31.6. The highest BCUT2D eigenvalue weighted by Crippen LogP contribution is 2.53. The zero-order valence-electron chi connectivity index (χ0n) is 31.6. The summed E-state index contributed by atoms with van der Waals surface area (Å²) in [5, 5.41) is 36.6. The van der Waals surface area contributed by atoms with Crippen LogP contribution < -0.4 is 10.1 Å². The number of nitrogens with one attached hydrogen (secondary N) is 1. The van der Waals surface area contributed by atoms with Crippen molar-refractivity contribution in [2.24, 2.45) is 23.7 Å². The number of aromatic hydroxyl groups is 1. The Hall–Kier alpha value is -4.83. The van der Waals surface area contributed by atoms with Gasteiger partial charge in [-0.05, 0) is 19.9 Å². The van der Waals surface area contributed by atoms with E-state index in [1.54, 1.807) is 39.8 Å². The summed E-state index contributed by atoms with van der Waals surface area (Å²) >= 11 is 0. The number of ether oxygens (including phenoxy) is 6. The van der Waals surface area contributed by atoms with Crippen molar-refractivity contribution in [3.8, 4) is 11.5 Å². The summed E-state index contributed by atoms with van der Waals surface area (Å²) in [6, 6.07) is 0. The number of rotatable bonds is 2. The molecule has 10 unspecified atom stereocenters. The van der Waals surface area contributed by atoms with Crippen LogP contribution in [0.1, 0.15) is 80.3 Å². The number of methoxy groups -OCH3 is 1. The van der Waals surface area contributed by atoms with E-state index in [2.05, 4.69) is 5.32 Å². The summed E-state index contributed by atoms with van der Waals surface area (Å²) in [6.45, 7) is 11.7. The van der Waals surface area contributed by atoms with Crippen LogP contribution >= 0.6 is 0 Å². The lowest BCUT2D eigenvalue weighted by atomic mass is 9.78. The van der Waals surface area contributed by atoms with Crippen LogP contribution in [0.2, 0.25) is 0 Å². The van der Waals surface area contributed by atoms with E-state index in [0.29, 0.717) is 0 Å². The standard InChI is InChI=1S/C39H47NO14/c1-17-11-10-12-18(2)37(48)40-24-15-39(51-16-26(42)53-39)29-27(33(24)46)32(45)22(6)35-28(29)36(47)38(8,54-35)50-14-13-25(49-9)19(3)34(52-23(7)41)21(5)31(44)20(4)30(17)43/h10-15,17,19-21,25,30-31,34,43-45H,16H2,1-9H3,(H,40,48)/b11-10-,14-13?,18-12-. The highest BCUT2D eigenvalue weighted by molar-refractivity contribution is 6.19. The Labute approximate surface area is 312 Å². The molecule has 4 aliphatic heterocycles. The van der Waals surface area contributed by atoms with Crippen LogP contribution in [0.25, 0.3) is 0 Å². The predicted octanol–water partition coefficient (Wildman–Crippen LogP) is 3.17. The van der Waals surface area contributed by atoms with E-state index >= 15 is 0 Å². The van der Waals surface area contributed by atoms with Gasteiger partial charge < -0.3 is 49.1 Å². The lowest BCUT2D eigenvalue weighted by molar-refractivity contribution is -0.161. The number of benzene rings is 1. The number of esters is 2. The van der Waals surface area contributed by atoms with Crippen molar-refractivity contribution in [1.82, 2.24) is 5.32 Å². The maximum atomic E-state index is 14.3. The molecule has 6 rings (SSSR count). The molecule has 10 atom stereocenters. The van der Waals surface area contributed by atoms with Crippen molar-refractivity contribution in [1.29, 1.82) is 0 Å². The third-order valence-corrected chi connectivity index (χ3v) is 10.6. The van der Waals surface area contributed by atoms with Crippen LogP contribution in [-0.4, -0.2) is 88.7 Å². The first-order valence-corrected chi connectivity index (χ1v) is 17.6. The number of aliphatic hydroxyl groups excluding tert-OH is 2. The number of carbonyl (C=O) groups is 5. The molecular weight excluding hydrogens is 706 g/mol. The molecule has 4 N–H and O–H groups in total. The molecule has 292 valence electrons. The van der Waals surface area contributed by atoms with E-state index in [-0.39, 0.29) is 33.7 Å². The second-order valence-corrected chi connectivity index (χ2v) is 14.4. The summed E-state index contributed by atoms with van der Waals surface area (Å²) in [5.41, 5.74) is -1.23. The first kappa shape index (κ1) is 40.4. The third-order valence-electron chi connectivity index (χ3n) is 10.6. The van der Waals surface area contributed by atoms with Crippen molar-refractivity contribution in [2.45, 2.75) is 91.4 Å². The fourth-order valence-electron chi connectivity index (χ4n) is 7.37. The Morgan fingerprint density at radius 3 is 2.26 bits per heavy atom. The molecule has 1 spiro atoms. The lowest BCUT2D eigenvalue weighted by Gasteiger charge is -2.38. The van der Waals surface area contributed by atoms with Gasteiger partial charge in [0.25, 0.3) is 17.5 Å². The van der Waals surface area contributed by atoms with E-state index in [9.17, 15) is 39.3 Å². The number of allylic oxidation sites excluding steroid dienone is 3. The smallest absolute Gasteiger partial charge is 0.335 e. The summed E-state index contributed by atoms with van der Waals surface area (Å²) in [6.07, 6.45) is 4.41. The molecule has 1 aromatic rings. The average molecular weight is 754 g/mol. The van der Waals surface area contributed by atoms with Gasteiger partial charge in [0.05, 0.1) is 47.0 Å². The summed E-state index contributed by atoms with van der Waals surface area (Å²) in [7, 11) is 1.42. The molecule has 0 radical (unpaired) electrons. The molecule has 1 amide bonds. The van der Waals surface area contributed by atoms with Crippen LogP contribution in [0.5, 0.6) is 11.5 Å². The lowest BCUT2D eigenvalue weighted by Crippen LogP contribution is -2.46. The van der Waals surface area contributed by atoms with Gasteiger partial charge in [0.2, 0.25) is 5.78 Å². The van der Waals surface area contributed by atoms with Gasteiger partial charge in [0, 0.05) is 61.8 Å². The SMILES string of the molecule is COC1C=COC2(C)Oc3c(C)c(O)c4c(c3C2=O)C2(C=C(NC(=O)/C(C)=C\C=C/C(C)C(O)C(C)C(O)C(C)C(OC(C)=O)C1C)C4=O)OCC(=O)O2. The number of Topliss-reactive ketones (excluding diaryl/α,β-unsaturated/α-hetero) is 2. The zero-order chi connectivity index (χ0) is 40.0. The minimum atomic E-state index is -2.21. The minimum absolute atomic E-state index is 0.00812. The molecule has 0 aromatic heterocycles. The van der Waals surface area contributed by atoms with Crippen LogP contribution in [0, 0.1) is 30.6 Å². The molecule has 4 heterocycles. The van der Waals surface area contributed by atoms with Crippen LogP contribution in [-0.2, 0) is 43.9 Å². The van der Waals surface area contributed by atoms with Gasteiger partial charge in [-0.3, -0.25) is 19.2 Å². The molecule has 15 heteroatoms. The maximum absolute atomic E-state index is 14.3. The molecule has 5 aliphatic rings. The van der Waals surface area contributed by atoms with E-state index in [1.165, 1.54) is 47.0 Å². The molecule has 1 aliphatic carbocycles. The number of phenolic OH excluding ortho intramolecular Hbond substituents is 1. The Balaban J connectivity index is 1.66. The molecule has 54 heavy (non-hydrogen) atoms. The number of hydrogen-bond acceptors (Lipinski definition) is 14. The second kappa shape index (κ2) is 15.1. The molecule has 5 bridgehead atoms. The Kier molecular flexibility index (Phi) is 11.3. The molecule has 15 nitrogen and oxygen atoms in total. The summed E-state index contributed by atoms with van der Waals surface area (Å²) < 4.78 is 34.8. The van der Waals surface area contributed by atoms with Gasteiger partial charge in [0.15, 0.2) is 0 Å². The van der Waals surface area contributed by atoms with E-state index in [4.69, 9.17) is 28.4 Å². The van der Waals surface area contributed by atoms with Gasteiger partial charge in [0.1, 0.15) is 24.2 Å². The van der Waals surface area contributed by atoms with Crippen molar-refractivity contribution < 1.29 is 67.7 Å². The van der Waals surface area contributed by atoms with Crippen molar-refractivity contribution >= 4 is 29.4 Å². The summed E-state index contributed by atoms with van der Waals surface area (Å²) in [4.78, 5) is 66.6. The first-order chi connectivity index (χ1) is 25.3. The number of aliphatic hydroxyl groups is 2. The van der Waals surface area contributed by atoms with Gasteiger partial charge in [-0.25, -0.2) is 4.79 Å². The Bertz CT molecular complexity index is 1880. The van der Waals surface area contributed by atoms with Crippen LogP contribution in [0.15, 0.2) is 47.9 Å². The molecular formula is C39H47NO14. The average Bonchev–Trinajstić information content (AvgIpc) is 3.62. The number of carbonyl (C=O) groups excluding carboxylic acids is 5. The highest BCUT2D eigenvalue weighted by atomic mass is 16.8. The highest BCUT2D eigenvalue weighted by Gasteiger charge is 2.58. The van der Waals surface area contributed by atoms with E-state index < -0.39 is 107 Å². The molecule has 1 aromatic carbocycles. The number of phenols is 1.